The van der Waals surface area contributed by atoms with Crippen LogP contribution in [-0.2, 0) is 14.3 Å². The van der Waals surface area contributed by atoms with Crippen molar-refractivity contribution in [3.8, 4) is 17.1 Å². The number of hydrogen-bond acceptors (Lipinski definition) is 9. The molecular weight excluding hydrogens is 589 g/mol. The topological polar surface area (TPSA) is 111 Å². The molecule has 0 bridgehead atoms. The van der Waals surface area contributed by atoms with Crippen molar-refractivity contribution in [2.45, 2.75) is 28.4 Å². The van der Waals surface area contributed by atoms with Gasteiger partial charge in [-0.2, -0.15) is 0 Å². The van der Waals surface area contributed by atoms with Crippen LogP contribution in [0.1, 0.15) is 12.8 Å². The zero-order valence-electron chi connectivity index (χ0n) is 22.6. The number of fused-ring (bicyclic) bond motifs is 1. The van der Waals surface area contributed by atoms with E-state index in [-0.39, 0.29) is 23.7 Å². The molecular formula is C30H28N6O3S3. The molecule has 3 aromatic carbocycles. The molecule has 214 valence electrons. The highest BCUT2D eigenvalue weighted by atomic mass is 32.2. The number of amides is 2. The lowest BCUT2D eigenvalue weighted by molar-refractivity contribution is -0.119. The molecule has 0 saturated carbocycles. The SMILES string of the molecule is O=C(CSc1nc2ccc(NC(=O)CSc3nnc(-c4ccccc4)n3-c3ccccc3)cc2s1)NC[C@H]1CCCO1. The molecule has 1 aliphatic rings. The van der Waals surface area contributed by atoms with Crippen molar-refractivity contribution in [3.63, 3.8) is 0 Å². The van der Waals surface area contributed by atoms with Crippen molar-refractivity contribution in [2.24, 2.45) is 0 Å². The summed E-state index contributed by atoms with van der Waals surface area (Å²) < 4.78 is 9.28. The average Bonchev–Trinajstić information content (AvgIpc) is 3.78. The second-order valence-corrected chi connectivity index (χ2v) is 12.8. The van der Waals surface area contributed by atoms with Crippen LogP contribution in [0.3, 0.4) is 0 Å². The van der Waals surface area contributed by atoms with Crippen molar-refractivity contribution in [3.05, 3.63) is 78.9 Å². The van der Waals surface area contributed by atoms with Crippen molar-refractivity contribution >= 4 is 62.6 Å². The van der Waals surface area contributed by atoms with Crippen molar-refractivity contribution in [1.82, 2.24) is 25.1 Å². The number of nitrogens with zero attached hydrogens (tertiary/aromatic N) is 4. The zero-order chi connectivity index (χ0) is 28.7. The summed E-state index contributed by atoms with van der Waals surface area (Å²) in [6.07, 6.45) is 2.17. The molecule has 9 nitrogen and oxygen atoms in total. The fraction of sp³-hybridized carbons (Fsp3) is 0.233. The van der Waals surface area contributed by atoms with Crippen LogP contribution in [0.4, 0.5) is 5.69 Å². The summed E-state index contributed by atoms with van der Waals surface area (Å²) in [5.41, 5.74) is 3.39. The molecule has 6 rings (SSSR count). The summed E-state index contributed by atoms with van der Waals surface area (Å²) in [5.74, 6) is 1.01. The van der Waals surface area contributed by atoms with E-state index >= 15 is 0 Å². The van der Waals surface area contributed by atoms with Crippen molar-refractivity contribution < 1.29 is 14.3 Å². The highest BCUT2D eigenvalue weighted by Gasteiger charge is 2.18. The number of aromatic nitrogens is 4. The molecule has 0 unspecified atom stereocenters. The van der Waals surface area contributed by atoms with Crippen LogP contribution >= 0.6 is 34.9 Å². The normalized spacial score (nSPS) is 14.7. The molecule has 0 aliphatic carbocycles. The molecule has 0 radical (unpaired) electrons. The zero-order valence-corrected chi connectivity index (χ0v) is 25.0. The van der Waals surface area contributed by atoms with Gasteiger partial charge in [0, 0.05) is 30.1 Å². The van der Waals surface area contributed by atoms with E-state index in [1.54, 1.807) is 0 Å². The van der Waals surface area contributed by atoms with Gasteiger partial charge >= 0.3 is 0 Å². The Kier molecular flexibility index (Phi) is 9.14. The summed E-state index contributed by atoms with van der Waals surface area (Å²) in [5, 5.41) is 15.4. The third kappa shape index (κ3) is 7.01. The maximum Gasteiger partial charge on any atom is 0.234 e. The number of benzene rings is 3. The van der Waals surface area contributed by atoms with Crippen LogP contribution in [0, 0.1) is 0 Å². The van der Waals surface area contributed by atoms with Gasteiger partial charge in [0.15, 0.2) is 15.3 Å². The number of nitrogens with one attached hydrogen (secondary N) is 2. The van der Waals surface area contributed by atoms with E-state index in [9.17, 15) is 9.59 Å². The minimum atomic E-state index is -0.148. The molecule has 1 fully saturated rings. The first-order valence-electron chi connectivity index (χ1n) is 13.5. The van der Waals surface area contributed by atoms with E-state index in [1.807, 2.05) is 83.4 Å². The highest BCUT2D eigenvalue weighted by molar-refractivity contribution is 8.01. The Morgan fingerprint density at radius 2 is 1.74 bits per heavy atom. The van der Waals surface area contributed by atoms with Gasteiger partial charge in [0.1, 0.15) is 0 Å². The number of thioether (sulfide) groups is 2. The number of rotatable bonds is 11. The Morgan fingerprint density at radius 3 is 2.52 bits per heavy atom. The number of ether oxygens (including phenoxy) is 1. The van der Waals surface area contributed by atoms with E-state index in [1.165, 1.54) is 34.9 Å². The second-order valence-electron chi connectivity index (χ2n) is 9.57. The summed E-state index contributed by atoms with van der Waals surface area (Å²) in [4.78, 5) is 29.8. The summed E-state index contributed by atoms with van der Waals surface area (Å²) in [6, 6.07) is 25.4. The van der Waals surface area contributed by atoms with Gasteiger partial charge in [-0.05, 0) is 43.2 Å². The summed E-state index contributed by atoms with van der Waals surface area (Å²) >= 11 is 4.25. The van der Waals surface area contributed by atoms with Gasteiger partial charge in [0.05, 0.1) is 27.8 Å². The van der Waals surface area contributed by atoms with E-state index < -0.39 is 0 Å². The fourth-order valence-corrected chi connectivity index (χ4v) is 7.22. The van der Waals surface area contributed by atoms with Crippen molar-refractivity contribution in [2.75, 3.05) is 30.0 Å². The van der Waals surface area contributed by atoms with Gasteiger partial charge in [-0.3, -0.25) is 14.2 Å². The van der Waals surface area contributed by atoms with Crippen LogP contribution in [0.15, 0.2) is 88.4 Å². The first-order chi connectivity index (χ1) is 20.6. The van der Waals surface area contributed by atoms with Gasteiger partial charge in [-0.25, -0.2) is 4.98 Å². The molecule has 12 heteroatoms. The molecule has 0 spiro atoms. The van der Waals surface area contributed by atoms with Crippen LogP contribution in [0.2, 0.25) is 0 Å². The monoisotopic (exact) mass is 616 g/mol. The standard InChI is InChI=1S/C30H28N6O3S3/c37-26(31-17-23-12-7-15-39-23)18-41-30-33-24-14-13-21(16-25(24)42-30)32-27(38)19-40-29-35-34-28(20-8-3-1-4-9-20)36(29)22-10-5-2-6-11-22/h1-6,8-11,13-14,16,23H,7,12,15,17-19H2,(H,31,37)(H,32,38)/t23-/m1/s1. The van der Waals surface area contributed by atoms with Gasteiger partial charge in [0.2, 0.25) is 11.8 Å². The second kappa shape index (κ2) is 13.5. The molecule has 5 aromatic rings. The van der Waals surface area contributed by atoms with Crippen LogP contribution in [0.25, 0.3) is 27.3 Å². The van der Waals surface area contributed by atoms with Crippen LogP contribution < -0.4 is 10.6 Å². The quantitative estimate of drug-likeness (QED) is 0.183. The summed E-state index contributed by atoms with van der Waals surface area (Å²) in [6.45, 7) is 1.33. The molecule has 2 aromatic heterocycles. The first kappa shape index (κ1) is 28.4. The summed E-state index contributed by atoms with van der Waals surface area (Å²) in [7, 11) is 0. The van der Waals surface area contributed by atoms with Gasteiger partial charge < -0.3 is 15.4 Å². The number of anilines is 1. The third-order valence-corrected chi connectivity index (χ3v) is 9.63. The predicted molar refractivity (Wildman–Crippen MR) is 168 cm³/mol. The van der Waals surface area contributed by atoms with Gasteiger partial charge in [0.25, 0.3) is 0 Å². The van der Waals surface area contributed by atoms with E-state index in [2.05, 4.69) is 25.8 Å². The number of carbonyl (C=O) groups is 2. The molecule has 2 N–H and O–H groups in total. The largest absolute Gasteiger partial charge is 0.376 e. The smallest absolute Gasteiger partial charge is 0.234 e. The predicted octanol–water partition coefficient (Wildman–Crippen LogP) is 5.66. The minimum absolute atomic E-state index is 0.0285. The molecule has 2 amide bonds. The molecule has 1 atom stereocenters. The van der Waals surface area contributed by atoms with Gasteiger partial charge in [-0.1, -0.05) is 72.1 Å². The number of hydrogen-bond donors (Lipinski definition) is 2. The highest BCUT2D eigenvalue weighted by Crippen LogP contribution is 2.32. The molecule has 1 aliphatic heterocycles. The Labute approximate surface area is 255 Å². The average molecular weight is 617 g/mol. The van der Waals surface area contributed by atoms with Crippen LogP contribution in [-0.4, -0.2) is 62.3 Å². The number of para-hydroxylation sites is 1. The van der Waals surface area contributed by atoms with E-state index in [0.717, 1.165) is 45.3 Å². The Morgan fingerprint density at radius 1 is 0.952 bits per heavy atom. The third-order valence-electron chi connectivity index (χ3n) is 6.54. The first-order valence-corrected chi connectivity index (χ1v) is 16.3. The van der Waals surface area contributed by atoms with E-state index in [4.69, 9.17) is 4.74 Å². The molecule has 1 saturated heterocycles. The van der Waals surface area contributed by atoms with Gasteiger partial charge in [-0.15, -0.1) is 21.5 Å². The Hall–Kier alpha value is -3.71. The Balaban J connectivity index is 1.07. The maximum atomic E-state index is 12.9. The number of thiazole rings is 1. The Bertz CT molecular complexity index is 1670. The van der Waals surface area contributed by atoms with Crippen molar-refractivity contribution in [1.29, 1.82) is 0 Å². The molecule has 3 heterocycles. The fourth-order valence-electron chi connectivity index (χ4n) is 4.53. The molecule has 42 heavy (non-hydrogen) atoms. The number of carbonyl (C=O) groups excluding carboxylic acids is 2. The van der Waals surface area contributed by atoms with E-state index in [0.29, 0.717) is 29.0 Å². The maximum absolute atomic E-state index is 12.9. The lowest BCUT2D eigenvalue weighted by Crippen LogP contribution is -2.32. The van der Waals surface area contributed by atoms with Crippen LogP contribution in [0.5, 0.6) is 0 Å². The lowest BCUT2D eigenvalue weighted by atomic mass is 10.2. The lowest BCUT2D eigenvalue weighted by Gasteiger charge is -2.10. The minimum Gasteiger partial charge on any atom is -0.376 e.